The number of benzene rings is 2. The van der Waals surface area contributed by atoms with Crippen LogP contribution in [-0.4, -0.2) is 20.6 Å². The molecule has 0 saturated carbocycles. The second-order valence-electron chi connectivity index (χ2n) is 5.58. The Kier molecular flexibility index (Phi) is 6.93. The molecule has 3 rings (SSSR count). The highest BCUT2D eigenvalue weighted by molar-refractivity contribution is 9.11. The second kappa shape index (κ2) is 9.24. The number of hydrogen-bond donors (Lipinski definition) is 1. The molecule has 29 heavy (non-hydrogen) atoms. The van der Waals surface area contributed by atoms with E-state index in [9.17, 15) is 14.9 Å². The molecule has 1 heterocycles. The topological polar surface area (TPSA) is 99.3 Å². The molecule has 8 nitrogen and oxygen atoms in total. The van der Waals surface area contributed by atoms with Gasteiger partial charge < -0.3 is 10.1 Å². The number of nitrogens with zero attached hydrogens (tertiary/aromatic N) is 3. The third-order valence-electron chi connectivity index (χ3n) is 3.60. The molecular weight excluding hydrogens is 599 g/mol. The molecule has 0 aliphatic carbocycles. The van der Waals surface area contributed by atoms with Crippen molar-refractivity contribution in [1.82, 2.24) is 9.78 Å². The van der Waals surface area contributed by atoms with Gasteiger partial charge in [-0.2, -0.15) is 5.10 Å². The number of anilines is 1. The van der Waals surface area contributed by atoms with Gasteiger partial charge in [-0.05, 0) is 72.1 Å². The van der Waals surface area contributed by atoms with Gasteiger partial charge in [0.15, 0.2) is 12.4 Å². The lowest BCUT2D eigenvalue weighted by Crippen LogP contribution is -2.15. The molecule has 3 aromatic rings. The average Bonchev–Trinajstić information content (AvgIpc) is 3.12. The summed E-state index contributed by atoms with van der Waals surface area (Å²) >= 11 is 15.7. The van der Waals surface area contributed by atoms with Gasteiger partial charge >= 0.3 is 0 Å². The number of non-ortho nitro benzene ring substituents is 1. The van der Waals surface area contributed by atoms with Gasteiger partial charge in [0, 0.05) is 32.3 Å². The van der Waals surface area contributed by atoms with Gasteiger partial charge in [-0.1, -0.05) is 11.6 Å². The highest BCUT2D eigenvalue weighted by atomic mass is 79.9. The lowest BCUT2D eigenvalue weighted by atomic mass is 10.2. The number of nitrogens with one attached hydrogen (secondary N) is 1. The van der Waals surface area contributed by atoms with Crippen molar-refractivity contribution in [3.8, 4) is 5.75 Å². The smallest absolute Gasteiger partial charge is 0.276 e. The minimum Gasteiger partial charge on any atom is -0.470 e. The first kappa shape index (κ1) is 21.8. The quantitative estimate of drug-likeness (QED) is 0.272. The van der Waals surface area contributed by atoms with E-state index < -0.39 is 10.8 Å². The summed E-state index contributed by atoms with van der Waals surface area (Å²) in [6.45, 7) is 0.0818. The number of aromatic nitrogens is 2. The molecule has 1 N–H and O–H groups in total. The Labute approximate surface area is 194 Å². The maximum atomic E-state index is 12.5. The summed E-state index contributed by atoms with van der Waals surface area (Å²) in [5.74, 6) is 0.0984. The monoisotopic (exact) mass is 606 g/mol. The molecule has 2 aromatic carbocycles. The summed E-state index contributed by atoms with van der Waals surface area (Å²) in [5.41, 5.74) is 0.397. The van der Waals surface area contributed by atoms with E-state index >= 15 is 0 Å². The fourth-order valence-electron chi connectivity index (χ4n) is 2.24. The van der Waals surface area contributed by atoms with Gasteiger partial charge in [0.1, 0.15) is 5.75 Å². The molecular formula is C17H10Br3ClN4O4. The standard InChI is InChI=1S/C17H10Br3ClN4O4/c18-11-5-9(21)1-2-15(11)29-8-24-4-3-14(23-24)17(26)22-16-12(19)6-10(25(27)28)7-13(16)20/h1-7H,8H2,(H,22,26). The van der Waals surface area contributed by atoms with Crippen LogP contribution in [0.5, 0.6) is 5.75 Å². The normalized spacial score (nSPS) is 10.6. The second-order valence-corrected chi connectivity index (χ2v) is 8.58. The predicted molar refractivity (Wildman–Crippen MR) is 118 cm³/mol. The maximum Gasteiger partial charge on any atom is 0.276 e. The van der Waals surface area contributed by atoms with E-state index in [1.807, 2.05) is 0 Å². The summed E-state index contributed by atoms with van der Waals surface area (Å²) in [6, 6.07) is 9.26. The van der Waals surface area contributed by atoms with Crippen LogP contribution in [-0.2, 0) is 6.73 Å². The maximum absolute atomic E-state index is 12.5. The van der Waals surface area contributed by atoms with Crippen molar-refractivity contribution in [3.63, 3.8) is 0 Å². The first-order valence-corrected chi connectivity index (χ1v) is 10.6. The third-order valence-corrected chi connectivity index (χ3v) is 5.70. The zero-order valence-electron chi connectivity index (χ0n) is 14.2. The summed E-state index contributed by atoms with van der Waals surface area (Å²) < 4.78 is 8.53. The SMILES string of the molecule is O=C(Nc1c(Br)cc([N+](=O)[O-])cc1Br)c1ccn(COc2ccc(Cl)cc2Br)n1. The van der Waals surface area contributed by atoms with Crippen LogP contribution in [0, 0.1) is 10.1 Å². The lowest BCUT2D eigenvalue weighted by molar-refractivity contribution is -0.385. The van der Waals surface area contributed by atoms with Crippen molar-refractivity contribution in [3.05, 3.63) is 76.8 Å². The minimum atomic E-state index is -0.526. The van der Waals surface area contributed by atoms with Crippen LogP contribution >= 0.6 is 59.4 Å². The Bertz CT molecular complexity index is 1080. The molecule has 1 amide bonds. The van der Waals surface area contributed by atoms with Crippen molar-refractivity contribution in [2.45, 2.75) is 6.73 Å². The van der Waals surface area contributed by atoms with Crippen LogP contribution in [0.3, 0.4) is 0 Å². The molecule has 0 aliphatic rings. The number of halogens is 4. The van der Waals surface area contributed by atoms with E-state index in [1.165, 1.54) is 22.9 Å². The Hall–Kier alpha value is -1.95. The van der Waals surface area contributed by atoms with Gasteiger partial charge in [0.05, 0.1) is 15.1 Å². The molecule has 0 atom stereocenters. The molecule has 0 unspecified atom stereocenters. The lowest BCUT2D eigenvalue weighted by Gasteiger charge is -2.09. The van der Waals surface area contributed by atoms with E-state index in [0.717, 1.165) is 0 Å². The van der Waals surface area contributed by atoms with Gasteiger partial charge in [-0.15, -0.1) is 0 Å². The Morgan fingerprint density at radius 1 is 1.17 bits per heavy atom. The number of carbonyl (C=O) groups excluding carboxylic acids is 1. The molecule has 0 saturated heterocycles. The third kappa shape index (κ3) is 5.35. The summed E-state index contributed by atoms with van der Waals surface area (Å²) in [4.78, 5) is 22.9. The van der Waals surface area contributed by atoms with Crippen molar-refractivity contribution in [2.75, 3.05) is 5.32 Å². The highest BCUT2D eigenvalue weighted by Crippen LogP contribution is 2.35. The van der Waals surface area contributed by atoms with Gasteiger partial charge in [-0.25, -0.2) is 4.68 Å². The number of nitro groups is 1. The Morgan fingerprint density at radius 2 is 1.86 bits per heavy atom. The van der Waals surface area contributed by atoms with Crippen molar-refractivity contribution in [2.24, 2.45) is 0 Å². The Balaban J connectivity index is 1.69. The number of carbonyl (C=O) groups is 1. The predicted octanol–water partition coefficient (Wildman–Crippen LogP) is 6.02. The molecule has 0 bridgehead atoms. The van der Waals surface area contributed by atoms with Crippen LogP contribution in [0.25, 0.3) is 0 Å². The summed E-state index contributed by atoms with van der Waals surface area (Å²) in [6.07, 6.45) is 1.60. The van der Waals surface area contributed by atoms with Crippen LogP contribution in [0.4, 0.5) is 11.4 Å². The first-order chi connectivity index (χ1) is 13.7. The van der Waals surface area contributed by atoms with Crippen LogP contribution in [0.15, 0.2) is 56.0 Å². The largest absolute Gasteiger partial charge is 0.470 e. The number of nitro benzene ring substituents is 1. The fraction of sp³-hybridized carbons (Fsp3) is 0.0588. The van der Waals surface area contributed by atoms with E-state index in [-0.39, 0.29) is 18.1 Å². The first-order valence-electron chi connectivity index (χ1n) is 7.80. The van der Waals surface area contributed by atoms with Crippen LogP contribution in [0.1, 0.15) is 10.5 Å². The molecule has 0 radical (unpaired) electrons. The molecule has 1 aromatic heterocycles. The van der Waals surface area contributed by atoms with Crippen LogP contribution in [0.2, 0.25) is 5.02 Å². The van der Waals surface area contributed by atoms with Gasteiger partial charge in [0.25, 0.3) is 11.6 Å². The van der Waals surface area contributed by atoms with Crippen molar-refractivity contribution >= 4 is 76.7 Å². The van der Waals surface area contributed by atoms with Gasteiger partial charge in [0.2, 0.25) is 0 Å². The number of ether oxygens (including phenoxy) is 1. The highest BCUT2D eigenvalue weighted by Gasteiger charge is 2.18. The molecule has 12 heteroatoms. The summed E-state index contributed by atoms with van der Waals surface area (Å²) in [7, 11) is 0. The molecule has 0 spiro atoms. The molecule has 0 aliphatic heterocycles. The van der Waals surface area contributed by atoms with Crippen molar-refractivity contribution < 1.29 is 14.5 Å². The Morgan fingerprint density at radius 3 is 2.48 bits per heavy atom. The van der Waals surface area contributed by atoms with Gasteiger partial charge in [-0.3, -0.25) is 14.9 Å². The minimum absolute atomic E-state index is 0.0818. The fourth-order valence-corrected chi connectivity index (χ4v) is 4.40. The van der Waals surface area contributed by atoms with Crippen molar-refractivity contribution in [1.29, 1.82) is 0 Å². The molecule has 0 fully saturated rings. The average molecular weight is 609 g/mol. The van der Waals surface area contributed by atoms with E-state index in [0.29, 0.717) is 29.9 Å². The number of rotatable bonds is 6. The van der Waals surface area contributed by atoms with E-state index in [1.54, 1.807) is 24.4 Å². The van der Waals surface area contributed by atoms with E-state index in [4.69, 9.17) is 16.3 Å². The van der Waals surface area contributed by atoms with E-state index in [2.05, 4.69) is 58.2 Å². The van der Waals surface area contributed by atoms with Crippen LogP contribution < -0.4 is 10.1 Å². The number of hydrogen-bond acceptors (Lipinski definition) is 5. The zero-order valence-corrected chi connectivity index (χ0v) is 19.7. The number of amides is 1. The summed E-state index contributed by atoms with van der Waals surface area (Å²) in [5, 5.41) is 18.3. The zero-order chi connectivity index (χ0) is 21.1. The molecule has 150 valence electrons.